The third-order valence-corrected chi connectivity index (χ3v) is 4.03. The number of carbonyl (C=O) groups is 1. The molecule has 2 aromatic rings. The summed E-state index contributed by atoms with van der Waals surface area (Å²) < 4.78 is 10.8. The van der Waals surface area contributed by atoms with Crippen LogP contribution >= 0.6 is 0 Å². The van der Waals surface area contributed by atoms with Crippen molar-refractivity contribution in [1.29, 1.82) is 0 Å². The Morgan fingerprint density at radius 1 is 1.04 bits per heavy atom. The molecule has 0 radical (unpaired) electrons. The van der Waals surface area contributed by atoms with Crippen LogP contribution < -0.4 is 14.4 Å². The van der Waals surface area contributed by atoms with Crippen molar-refractivity contribution in [2.45, 2.75) is 0 Å². The van der Waals surface area contributed by atoms with Crippen molar-refractivity contribution in [2.75, 3.05) is 44.8 Å². The number of anilines is 1. The van der Waals surface area contributed by atoms with Gasteiger partial charge in [-0.2, -0.15) is 0 Å². The predicted octanol–water partition coefficient (Wildman–Crippen LogP) is 1.82. The number of carbonyl (C=O) groups excluding carboxylic acids is 1. The molecule has 1 aliphatic heterocycles. The van der Waals surface area contributed by atoms with Crippen molar-refractivity contribution in [2.24, 2.45) is 0 Å². The molecule has 0 unspecified atom stereocenters. The van der Waals surface area contributed by atoms with Crippen LogP contribution in [0, 0.1) is 0 Å². The van der Waals surface area contributed by atoms with E-state index in [4.69, 9.17) is 9.47 Å². The summed E-state index contributed by atoms with van der Waals surface area (Å²) >= 11 is 0. The van der Waals surface area contributed by atoms with Crippen molar-refractivity contribution in [3.05, 3.63) is 48.7 Å². The Kier molecular flexibility index (Phi) is 5.15. The van der Waals surface area contributed by atoms with Gasteiger partial charge in [0.2, 0.25) is 0 Å². The number of rotatable bonds is 5. The maximum absolute atomic E-state index is 12.3. The van der Waals surface area contributed by atoms with E-state index in [-0.39, 0.29) is 12.5 Å². The number of para-hydroxylation sites is 2. The molecule has 3 rings (SSSR count). The minimum atomic E-state index is -0.0124. The van der Waals surface area contributed by atoms with E-state index < -0.39 is 0 Å². The predicted molar refractivity (Wildman–Crippen MR) is 91.5 cm³/mol. The van der Waals surface area contributed by atoms with Crippen LogP contribution in [-0.2, 0) is 4.79 Å². The molecular weight excluding hydrogens is 306 g/mol. The Labute approximate surface area is 141 Å². The Hall–Kier alpha value is -2.76. The van der Waals surface area contributed by atoms with Gasteiger partial charge in [-0.15, -0.1) is 0 Å². The second-order valence-electron chi connectivity index (χ2n) is 5.50. The third kappa shape index (κ3) is 3.76. The van der Waals surface area contributed by atoms with Crippen LogP contribution in [-0.4, -0.2) is 55.7 Å². The molecule has 0 saturated carbocycles. The lowest BCUT2D eigenvalue weighted by Crippen LogP contribution is -2.50. The van der Waals surface area contributed by atoms with Gasteiger partial charge in [0.15, 0.2) is 18.1 Å². The number of nitrogens with zero attached hydrogens (tertiary/aromatic N) is 3. The quantitative estimate of drug-likeness (QED) is 0.838. The second kappa shape index (κ2) is 7.68. The number of methoxy groups -OCH3 is 1. The van der Waals surface area contributed by atoms with Gasteiger partial charge in [0, 0.05) is 32.4 Å². The lowest BCUT2D eigenvalue weighted by atomic mass is 10.3. The summed E-state index contributed by atoms with van der Waals surface area (Å²) in [6, 6.07) is 13.2. The Morgan fingerprint density at radius 2 is 1.75 bits per heavy atom. The molecule has 0 aliphatic carbocycles. The number of ether oxygens (including phenoxy) is 2. The molecule has 6 nitrogen and oxygen atoms in total. The fraction of sp³-hybridized carbons (Fsp3) is 0.333. The first-order valence-corrected chi connectivity index (χ1v) is 7.97. The molecule has 2 heterocycles. The van der Waals surface area contributed by atoms with Gasteiger partial charge in [-0.05, 0) is 24.3 Å². The first-order chi connectivity index (χ1) is 11.8. The average molecular weight is 327 g/mol. The van der Waals surface area contributed by atoms with E-state index in [0.717, 1.165) is 18.9 Å². The van der Waals surface area contributed by atoms with Crippen LogP contribution in [0.15, 0.2) is 48.7 Å². The van der Waals surface area contributed by atoms with Crippen LogP contribution in [0.2, 0.25) is 0 Å². The highest BCUT2D eigenvalue weighted by molar-refractivity contribution is 5.78. The van der Waals surface area contributed by atoms with Crippen molar-refractivity contribution in [3.8, 4) is 11.5 Å². The smallest absolute Gasteiger partial charge is 0.260 e. The molecule has 0 atom stereocenters. The van der Waals surface area contributed by atoms with Crippen molar-refractivity contribution in [1.82, 2.24) is 9.88 Å². The minimum absolute atomic E-state index is 0.0124. The molecule has 1 fully saturated rings. The number of hydrogen-bond donors (Lipinski definition) is 0. The van der Waals surface area contributed by atoms with E-state index in [9.17, 15) is 4.79 Å². The standard InChI is InChI=1S/C18H21N3O3/c1-23-15-6-2-3-7-16(15)24-14-18(22)21-12-10-20(11-13-21)17-8-4-5-9-19-17/h2-9H,10-14H2,1H3. The van der Waals surface area contributed by atoms with E-state index in [0.29, 0.717) is 24.6 Å². The topological polar surface area (TPSA) is 54.9 Å². The molecule has 126 valence electrons. The number of hydrogen-bond acceptors (Lipinski definition) is 5. The van der Waals surface area contributed by atoms with Gasteiger partial charge in [-0.3, -0.25) is 4.79 Å². The molecule has 1 aromatic carbocycles. The summed E-state index contributed by atoms with van der Waals surface area (Å²) in [7, 11) is 1.58. The molecule has 6 heteroatoms. The zero-order valence-electron chi connectivity index (χ0n) is 13.7. The zero-order valence-corrected chi connectivity index (χ0v) is 13.7. The van der Waals surface area contributed by atoms with Gasteiger partial charge in [0.25, 0.3) is 5.91 Å². The highest BCUT2D eigenvalue weighted by atomic mass is 16.5. The molecule has 1 aromatic heterocycles. The summed E-state index contributed by atoms with van der Waals surface area (Å²) in [6.45, 7) is 2.91. The first-order valence-electron chi connectivity index (χ1n) is 7.97. The normalized spacial score (nSPS) is 14.4. The van der Waals surface area contributed by atoms with Crippen LogP contribution in [0.5, 0.6) is 11.5 Å². The lowest BCUT2D eigenvalue weighted by Gasteiger charge is -2.35. The van der Waals surface area contributed by atoms with Crippen LogP contribution in [0.4, 0.5) is 5.82 Å². The van der Waals surface area contributed by atoms with E-state index >= 15 is 0 Å². The lowest BCUT2D eigenvalue weighted by molar-refractivity contribution is -0.133. The Balaban J connectivity index is 1.50. The fourth-order valence-electron chi connectivity index (χ4n) is 2.69. The molecule has 1 saturated heterocycles. The molecule has 1 amide bonds. The maximum atomic E-state index is 12.3. The summed E-state index contributed by atoms with van der Waals surface area (Å²) in [6.07, 6.45) is 1.79. The van der Waals surface area contributed by atoms with Gasteiger partial charge < -0.3 is 19.3 Å². The summed E-state index contributed by atoms with van der Waals surface area (Å²) in [5.74, 6) is 2.15. The van der Waals surface area contributed by atoms with E-state index in [2.05, 4.69) is 9.88 Å². The van der Waals surface area contributed by atoms with Crippen LogP contribution in [0.1, 0.15) is 0 Å². The Morgan fingerprint density at radius 3 is 2.42 bits per heavy atom. The molecule has 1 aliphatic rings. The molecular formula is C18H21N3O3. The summed E-state index contributed by atoms with van der Waals surface area (Å²) in [4.78, 5) is 20.7. The van der Waals surface area contributed by atoms with E-state index in [1.54, 1.807) is 19.4 Å². The molecule has 0 N–H and O–H groups in total. The van der Waals surface area contributed by atoms with Crippen LogP contribution in [0.25, 0.3) is 0 Å². The Bertz CT molecular complexity index is 670. The fourth-order valence-corrected chi connectivity index (χ4v) is 2.69. The number of piperazine rings is 1. The highest BCUT2D eigenvalue weighted by Gasteiger charge is 2.22. The minimum Gasteiger partial charge on any atom is -0.493 e. The molecule has 24 heavy (non-hydrogen) atoms. The second-order valence-corrected chi connectivity index (χ2v) is 5.50. The zero-order chi connectivity index (χ0) is 16.8. The summed E-state index contributed by atoms with van der Waals surface area (Å²) in [5.41, 5.74) is 0. The van der Waals surface area contributed by atoms with Crippen molar-refractivity contribution >= 4 is 11.7 Å². The van der Waals surface area contributed by atoms with E-state index in [1.807, 2.05) is 41.3 Å². The SMILES string of the molecule is COc1ccccc1OCC(=O)N1CCN(c2ccccn2)CC1. The largest absolute Gasteiger partial charge is 0.493 e. The van der Waals surface area contributed by atoms with Gasteiger partial charge in [-0.1, -0.05) is 18.2 Å². The summed E-state index contributed by atoms with van der Waals surface area (Å²) in [5, 5.41) is 0. The number of aromatic nitrogens is 1. The monoisotopic (exact) mass is 327 g/mol. The van der Waals surface area contributed by atoms with Gasteiger partial charge in [-0.25, -0.2) is 4.98 Å². The average Bonchev–Trinajstić information content (AvgIpc) is 2.67. The van der Waals surface area contributed by atoms with Gasteiger partial charge in [0.1, 0.15) is 5.82 Å². The van der Waals surface area contributed by atoms with Crippen molar-refractivity contribution in [3.63, 3.8) is 0 Å². The van der Waals surface area contributed by atoms with Crippen LogP contribution in [0.3, 0.4) is 0 Å². The number of pyridine rings is 1. The maximum Gasteiger partial charge on any atom is 0.260 e. The van der Waals surface area contributed by atoms with Crippen molar-refractivity contribution < 1.29 is 14.3 Å². The number of benzene rings is 1. The van der Waals surface area contributed by atoms with Gasteiger partial charge >= 0.3 is 0 Å². The highest BCUT2D eigenvalue weighted by Crippen LogP contribution is 2.25. The van der Waals surface area contributed by atoms with Gasteiger partial charge in [0.05, 0.1) is 7.11 Å². The third-order valence-electron chi connectivity index (χ3n) is 4.03. The molecule has 0 spiro atoms. The molecule has 0 bridgehead atoms. The number of amides is 1. The van der Waals surface area contributed by atoms with E-state index in [1.165, 1.54) is 0 Å². The first kappa shape index (κ1) is 16.1.